The number of hydrogen-bond acceptors (Lipinski definition) is 5. The highest BCUT2D eigenvalue weighted by Crippen LogP contribution is 2.36. The van der Waals surface area contributed by atoms with Gasteiger partial charge in [-0.3, -0.25) is 9.89 Å². The molecule has 0 aliphatic carbocycles. The van der Waals surface area contributed by atoms with E-state index in [-0.39, 0.29) is 11.7 Å². The van der Waals surface area contributed by atoms with Gasteiger partial charge in [-0.2, -0.15) is 5.10 Å². The van der Waals surface area contributed by atoms with Crippen molar-refractivity contribution < 1.29 is 9.47 Å². The summed E-state index contributed by atoms with van der Waals surface area (Å²) in [5.41, 5.74) is 2.74. The number of thiophene rings is 1. The van der Waals surface area contributed by atoms with E-state index in [0.29, 0.717) is 17.9 Å². The summed E-state index contributed by atoms with van der Waals surface area (Å²) in [6.07, 6.45) is 3.35. The largest absolute Gasteiger partial charge is 0.374 e. The van der Waals surface area contributed by atoms with E-state index in [1.165, 1.54) is 11.3 Å². The lowest BCUT2D eigenvalue weighted by atomic mass is 10.0. The number of aromatic nitrogens is 3. The molecule has 21 heavy (non-hydrogen) atoms. The van der Waals surface area contributed by atoms with Gasteiger partial charge < -0.3 is 14.5 Å². The van der Waals surface area contributed by atoms with Crippen LogP contribution in [0.4, 0.5) is 0 Å². The molecule has 6 nitrogen and oxygen atoms in total. The van der Waals surface area contributed by atoms with Gasteiger partial charge in [0.15, 0.2) is 0 Å². The first-order valence-corrected chi connectivity index (χ1v) is 7.38. The predicted molar refractivity (Wildman–Crippen MR) is 79.4 cm³/mol. The molecule has 4 heterocycles. The minimum atomic E-state index is -0.219. The van der Waals surface area contributed by atoms with Gasteiger partial charge in [0.1, 0.15) is 10.8 Å². The van der Waals surface area contributed by atoms with Gasteiger partial charge in [0.2, 0.25) is 0 Å². The number of H-pyrrole nitrogens is 2. The third kappa shape index (κ3) is 1.93. The van der Waals surface area contributed by atoms with E-state index < -0.39 is 0 Å². The Balaban J connectivity index is 1.99. The Bertz CT molecular complexity index is 850. The summed E-state index contributed by atoms with van der Waals surface area (Å²) in [4.78, 5) is 16.3. The zero-order valence-electron chi connectivity index (χ0n) is 11.3. The Morgan fingerprint density at radius 1 is 1.52 bits per heavy atom. The molecule has 0 radical (unpaired) electrons. The lowest BCUT2D eigenvalue weighted by Crippen LogP contribution is -2.23. The van der Waals surface area contributed by atoms with Crippen LogP contribution in [-0.4, -0.2) is 28.9 Å². The Morgan fingerprint density at radius 2 is 2.43 bits per heavy atom. The predicted octanol–water partition coefficient (Wildman–Crippen LogP) is 2.20. The van der Waals surface area contributed by atoms with Crippen molar-refractivity contribution in [2.45, 2.75) is 12.7 Å². The van der Waals surface area contributed by atoms with E-state index in [1.807, 2.05) is 12.3 Å². The van der Waals surface area contributed by atoms with Crippen molar-refractivity contribution in [3.8, 4) is 10.4 Å². The van der Waals surface area contributed by atoms with Crippen molar-refractivity contribution in [1.29, 1.82) is 0 Å². The minimum Gasteiger partial charge on any atom is -0.374 e. The summed E-state index contributed by atoms with van der Waals surface area (Å²) in [6.45, 7) is 0.952. The summed E-state index contributed by atoms with van der Waals surface area (Å²) in [7, 11) is 1.62. The number of pyridine rings is 1. The van der Waals surface area contributed by atoms with Crippen molar-refractivity contribution >= 4 is 21.4 Å². The number of hydrogen-bond donors (Lipinski definition) is 2. The van der Waals surface area contributed by atoms with Crippen molar-refractivity contribution in [2.75, 3.05) is 13.7 Å². The van der Waals surface area contributed by atoms with Crippen molar-refractivity contribution in [3.05, 3.63) is 40.1 Å². The van der Waals surface area contributed by atoms with Gasteiger partial charge in [0, 0.05) is 34.7 Å². The van der Waals surface area contributed by atoms with E-state index in [4.69, 9.17) is 9.47 Å². The van der Waals surface area contributed by atoms with Crippen LogP contribution in [-0.2, 0) is 16.1 Å². The third-order valence-electron chi connectivity index (χ3n) is 3.74. The Hall–Kier alpha value is -1.96. The van der Waals surface area contributed by atoms with Crippen LogP contribution in [0.25, 0.3) is 20.5 Å². The molecule has 1 atom stereocenters. The smallest absolute Gasteiger partial charge is 0.266 e. The van der Waals surface area contributed by atoms with Gasteiger partial charge in [0.25, 0.3) is 5.56 Å². The molecule has 0 saturated heterocycles. The number of aromatic amines is 2. The van der Waals surface area contributed by atoms with Gasteiger partial charge in [0.05, 0.1) is 25.1 Å². The monoisotopic (exact) mass is 303 g/mol. The second-order valence-corrected chi connectivity index (χ2v) is 5.98. The number of nitrogens with one attached hydrogen (secondary N) is 2. The number of nitrogens with zero attached hydrogens (tertiary/aromatic N) is 1. The third-order valence-corrected chi connectivity index (χ3v) is 4.92. The van der Waals surface area contributed by atoms with Gasteiger partial charge in [-0.25, -0.2) is 0 Å². The molecule has 3 aromatic rings. The van der Waals surface area contributed by atoms with E-state index in [1.54, 1.807) is 13.3 Å². The van der Waals surface area contributed by atoms with E-state index in [0.717, 1.165) is 27.1 Å². The first-order valence-electron chi connectivity index (χ1n) is 6.56. The van der Waals surface area contributed by atoms with Gasteiger partial charge in [-0.15, -0.1) is 11.3 Å². The normalized spacial score (nSPS) is 18.0. The first-order chi connectivity index (χ1) is 10.3. The van der Waals surface area contributed by atoms with Crippen molar-refractivity contribution in [3.63, 3.8) is 0 Å². The average Bonchev–Trinajstić information content (AvgIpc) is 3.16. The highest BCUT2D eigenvalue weighted by molar-refractivity contribution is 7.22. The highest BCUT2D eigenvalue weighted by Gasteiger charge is 2.25. The van der Waals surface area contributed by atoms with Gasteiger partial charge in [-0.05, 0) is 6.07 Å². The Labute approximate surface area is 123 Å². The van der Waals surface area contributed by atoms with Crippen LogP contribution in [0.15, 0.2) is 23.3 Å². The van der Waals surface area contributed by atoms with Crippen LogP contribution in [0, 0.1) is 0 Å². The molecule has 0 unspecified atom stereocenters. The molecule has 108 valence electrons. The topological polar surface area (TPSA) is 80.0 Å². The maximum absolute atomic E-state index is 12.3. The molecule has 0 bridgehead atoms. The maximum Gasteiger partial charge on any atom is 0.266 e. The molecule has 7 heteroatoms. The summed E-state index contributed by atoms with van der Waals surface area (Å²) in [5.74, 6) is 0. The minimum absolute atomic E-state index is 0.0764. The van der Waals surface area contributed by atoms with Crippen molar-refractivity contribution in [2.24, 2.45) is 0 Å². The summed E-state index contributed by atoms with van der Waals surface area (Å²) in [6, 6.07) is 2.03. The van der Waals surface area contributed by atoms with Gasteiger partial charge in [-0.1, -0.05) is 0 Å². The number of fused-ring (bicyclic) bond motifs is 3. The molecular formula is C14H13N3O3S. The fraction of sp³-hybridized carbons (Fsp3) is 0.286. The first kappa shape index (κ1) is 12.8. The quantitative estimate of drug-likeness (QED) is 0.760. The Kier molecular flexibility index (Phi) is 2.91. The van der Waals surface area contributed by atoms with Crippen LogP contribution < -0.4 is 5.56 Å². The lowest BCUT2D eigenvalue weighted by Gasteiger charge is -2.24. The van der Waals surface area contributed by atoms with Crippen molar-refractivity contribution in [1.82, 2.24) is 15.2 Å². The molecular weight excluding hydrogens is 290 g/mol. The number of methoxy groups -OCH3 is 1. The fourth-order valence-corrected chi connectivity index (χ4v) is 3.74. The number of ether oxygens (including phenoxy) is 2. The average molecular weight is 303 g/mol. The standard InChI is InChI=1S/C14H13N3O3S/c1-19-10-6-20-5-9-8-2-11(7-3-15-16-4-7)21-13(8)14(18)17-12(9)10/h2-4,10H,5-6H2,1H3,(H,15,16)(H,17,18)/t10-/m0/s1. The van der Waals surface area contributed by atoms with Crippen LogP contribution in [0.3, 0.4) is 0 Å². The fourth-order valence-electron chi connectivity index (χ4n) is 2.68. The molecule has 0 fully saturated rings. The summed E-state index contributed by atoms with van der Waals surface area (Å²) < 4.78 is 11.7. The molecule has 0 amide bonds. The van der Waals surface area contributed by atoms with Crippen LogP contribution in [0.1, 0.15) is 17.4 Å². The van der Waals surface area contributed by atoms with Crippen LogP contribution in [0.5, 0.6) is 0 Å². The molecule has 4 rings (SSSR count). The van der Waals surface area contributed by atoms with Crippen LogP contribution >= 0.6 is 11.3 Å². The summed E-state index contributed by atoms with van der Waals surface area (Å²) >= 11 is 1.46. The van der Waals surface area contributed by atoms with Gasteiger partial charge >= 0.3 is 0 Å². The number of rotatable bonds is 2. The Morgan fingerprint density at radius 3 is 3.19 bits per heavy atom. The lowest BCUT2D eigenvalue weighted by molar-refractivity contribution is -0.0175. The highest BCUT2D eigenvalue weighted by atomic mass is 32.1. The second kappa shape index (κ2) is 4.80. The second-order valence-electron chi connectivity index (χ2n) is 4.93. The SMILES string of the molecule is CO[C@H]1COCc2c1[nH]c(=O)c1sc(-c3cn[nH]c3)cc21. The van der Waals surface area contributed by atoms with Crippen LogP contribution in [0.2, 0.25) is 0 Å². The molecule has 1 aliphatic rings. The molecule has 0 aromatic carbocycles. The molecule has 1 aliphatic heterocycles. The molecule has 2 N–H and O–H groups in total. The van der Waals surface area contributed by atoms with E-state index in [9.17, 15) is 4.79 Å². The summed E-state index contributed by atoms with van der Waals surface area (Å²) in [5, 5.41) is 7.69. The maximum atomic E-state index is 12.3. The van der Waals surface area contributed by atoms with E-state index in [2.05, 4.69) is 15.2 Å². The zero-order chi connectivity index (χ0) is 14.4. The zero-order valence-corrected chi connectivity index (χ0v) is 12.1. The molecule has 0 spiro atoms. The molecule has 0 saturated carbocycles. The van der Waals surface area contributed by atoms with E-state index >= 15 is 0 Å². The molecule has 3 aromatic heterocycles.